The molecule has 40 heavy (non-hydrogen) atoms. The van der Waals surface area contributed by atoms with Crippen molar-refractivity contribution in [1.29, 1.82) is 0 Å². The van der Waals surface area contributed by atoms with Crippen LogP contribution in [0.25, 0.3) is 11.1 Å². The van der Waals surface area contributed by atoms with Gasteiger partial charge in [0.1, 0.15) is 0 Å². The zero-order chi connectivity index (χ0) is 29.5. The third kappa shape index (κ3) is 10.8. The molecule has 0 spiro atoms. The number of rotatable bonds is 7. The SMILES string of the molecule is CCC(C)c1ccc(-c2ccccc2)cc1.CCC(C)c1ccc(C(C)(C)C)cc1.CCC(C)c1ccccc1. The van der Waals surface area contributed by atoms with Gasteiger partial charge in [0.2, 0.25) is 0 Å². The van der Waals surface area contributed by atoms with Gasteiger partial charge in [-0.1, -0.05) is 172 Å². The molecule has 0 radical (unpaired) electrons. The maximum atomic E-state index is 2.28. The Bertz CT molecular complexity index is 1180. The Labute approximate surface area is 246 Å². The third-order valence-electron chi connectivity index (χ3n) is 8.14. The van der Waals surface area contributed by atoms with Crippen molar-refractivity contribution in [3.8, 4) is 11.1 Å². The van der Waals surface area contributed by atoms with E-state index >= 15 is 0 Å². The second kappa shape index (κ2) is 16.9. The van der Waals surface area contributed by atoms with Crippen LogP contribution in [0.3, 0.4) is 0 Å². The molecule has 0 nitrogen and oxygen atoms in total. The van der Waals surface area contributed by atoms with E-state index in [2.05, 4.69) is 172 Å². The van der Waals surface area contributed by atoms with Crippen LogP contribution in [0.4, 0.5) is 0 Å². The molecule has 0 fully saturated rings. The molecular weight excluding hydrogens is 480 g/mol. The molecule has 4 aromatic rings. The fraction of sp³-hybridized carbons (Fsp3) is 0.400. The van der Waals surface area contributed by atoms with Gasteiger partial charge >= 0.3 is 0 Å². The Morgan fingerprint density at radius 3 is 1.12 bits per heavy atom. The van der Waals surface area contributed by atoms with Crippen LogP contribution < -0.4 is 0 Å². The standard InChI is InChI=1S/C16H18.C14H22.C10H14/c1-3-13(2)14-9-11-16(12-10-14)15-7-5-4-6-8-15;1-6-11(2)12-7-9-13(10-8-12)14(3,4)5;1-3-9(2)10-7-5-4-6-8-10/h4-13H,3H2,1-2H3;7-11H,6H2,1-5H3;4-9H,3H2,1-2H3. The zero-order valence-corrected chi connectivity index (χ0v) is 26.7. The van der Waals surface area contributed by atoms with Gasteiger partial charge in [0.25, 0.3) is 0 Å². The minimum absolute atomic E-state index is 0.272. The number of benzene rings is 4. The Balaban J connectivity index is 0.000000216. The lowest BCUT2D eigenvalue weighted by atomic mass is 9.85. The maximum Gasteiger partial charge on any atom is -0.0132 e. The molecule has 0 aliphatic heterocycles. The summed E-state index contributed by atoms with van der Waals surface area (Å²) in [6, 6.07) is 39.2. The van der Waals surface area contributed by atoms with Gasteiger partial charge in [-0.15, -0.1) is 0 Å². The summed E-state index contributed by atoms with van der Waals surface area (Å²) in [7, 11) is 0. The lowest BCUT2D eigenvalue weighted by Gasteiger charge is -2.20. The molecule has 4 aromatic carbocycles. The Morgan fingerprint density at radius 2 is 0.750 bits per heavy atom. The van der Waals surface area contributed by atoms with Crippen molar-refractivity contribution in [1.82, 2.24) is 0 Å². The van der Waals surface area contributed by atoms with Crippen molar-refractivity contribution < 1.29 is 0 Å². The van der Waals surface area contributed by atoms with Crippen molar-refractivity contribution in [3.63, 3.8) is 0 Å². The highest BCUT2D eigenvalue weighted by molar-refractivity contribution is 5.63. The first-order valence-corrected chi connectivity index (χ1v) is 15.4. The van der Waals surface area contributed by atoms with Gasteiger partial charge in [-0.2, -0.15) is 0 Å². The fourth-order valence-electron chi connectivity index (χ4n) is 4.44. The first-order chi connectivity index (χ1) is 19.1. The first-order valence-electron chi connectivity index (χ1n) is 15.4. The molecule has 4 rings (SSSR count). The van der Waals surface area contributed by atoms with Crippen molar-refractivity contribution >= 4 is 0 Å². The molecule has 0 heteroatoms. The summed E-state index contributed by atoms with van der Waals surface area (Å²) in [4.78, 5) is 0. The van der Waals surface area contributed by atoms with Gasteiger partial charge in [-0.25, -0.2) is 0 Å². The van der Waals surface area contributed by atoms with E-state index < -0.39 is 0 Å². The maximum absolute atomic E-state index is 2.28. The molecule has 3 atom stereocenters. The van der Waals surface area contributed by atoms with Crippen LogP contribution in [-0.4, -0.2) is 0 Å². The normalized spacial score (nSPS) is 13.1. The van der Waals surface area contributed by atoms with Gasteiger partial charge < -0.3 is 0 Å². The highest BCUT2D eigenvalue weighted by Crippen LogP contribution is 2.26. The van der Waals surface area contributed by atoms with Crippen LogP contribution in [-0.2, 0) is 5.41 Å². The Hall–Kier alpha value is -3.12. The minimum atomic E-state index is 0.272. The number of hydrogen-bond donors (Lipinski definition) is 0. The fourth-order valence-corrected chi connectivity index (χ4v) is 4.44. The quantitative estimate of drug-likeness (QED) is 0.221. The average Bonchev–Trinajstić information content (AvgIpc) is 3.01. The van der Waals surface area contributed by atoms with E-state index in [1.165, 1.54) is 52.6 Å². The summed E-state index contributed by atoms with van der Waals surface area (Å²) in [5, 5.41) is 0. The van der Waals surface area contributed by atoms with Gasteiger partial charge in [-0.3, -0.25) is 0 Å². The van der Waals surface area contributed by atoms with E-state index in [0.29, 0.717) is 17.8 Å². The topological polar surface area (TPSA) is 0 Å². The molecule has 0 N–H and O–H groups in total. The smallest absolute Gasteiger partial charge is 0.0132 e. The molecule has 214 valence electrons. The molecule has 0 aromatic heterocycles. The Morgan fingerprint density at radius 1 is 0.425 bits per heavy atom. The highest BCUT2D eigenvalue weighted by Gasteiger charge is 2.13. The van der Waals surface area contributed by atoms with Gasteiger partial charge in [0.15, 0.2) is 0 Å². The highest BCUT2D eigenvalue weighted by atomic mass is 14.2. The van der Waals surface area contributed by atoms with E-state index in [0.717, 1.165) is 0 Å². The predicted octanol–water partition coefficient (Wildman–Crippen LogP) is 12.6. The van der Waals surface area contributed by atoms with Crippen LogP contribution >= 0.6 is 0 Å². The molecule has 0 aliphatic rings. The molecule has 0 aliphatic carbocycles. The van der Waals surface area contributed by atoms with E-state index in [9.17, 15) is 0 Å². The van der Waals surface area contributed by atoms with Crippen LogP contribution in [0, 0.1) is 0 Å². The lowest BCUT2D eigenvalue weighted by molar-refractivity contribution is 0.589. The first kappa shape index (κ1) is 33.1. The van der Waals surface area contributed by atoms with Gasteiger partial charge in [-0.05, 0) is 75.8 Å². The summed E-state index contributed by atoms with van der Waals surface area (Å²) >= 11 is 0. The summed E-state index contributed by atoms with van der Waals surface area (Å²) in [6.45, 7) is 20.3. The van der Waals surface area contributed by atoms with E-state index in [1.54, 1.807) is 0 Å². The molecule has 0 bridgehead atoms. The van der Waals surface area contributed by atoms with Crippen molar-refractivity contribution in [2.24, 2.45) is 0 Å². The molecule has 0 amide bonds. The van der Waals surface area contributed by atoms with Crippen molar-refractivity contribution in [2.45, 2.75) is 105 Å². The lowest BCUT2D eigenvalue weighted by Crippen LogP contribution is -2.10. The van der Waals surface area contributed by atoms with Crippen LogP contribution in [0.5, 0.6) is 0 Å². The van der Waals surface area contributed by atoms with Gasteiger partial charge in [0.05, 0.1) is 0 Å². The molecular formula is C40H54. The molecule has 0 heterocycles. The molecule has 0 saturated heterocycles. The van der Waals surface area contributed by atoms with Crippen molar-refractivity contribution in [2.75, 3.05) is 0 Å². The Kier molecular flexibility index (Phi) is 13.9. The van der Waals surface area contributed by atoms with Crippen LogP contribution in [0.15, 0.2) is 109 Å². The van der Waals surface area contributed by atoms with E-state index in [1.807, 2.05) is 0 Å². The van der Waals surface area contributed by atoms with Gasteiger partial charge in [0, 0.05) is 0 Å². The van der Waals surface area contributed by atoms with E-state index in [-0.39, 0.29) is 5.41 Å². The summed E-state index contributed by atoms with van der Waals surface area (Å²) in [6.07, 6.45) is 3.64. The molecule has 3 unspecified atom stereocenters. The summed E-state index contributed by atoms with van der Waals surface area (Å²) < 4.78 is 0. The van der Waals surface area contributed by atoms with Crippen molar-refractivity contribution in [3.05, 3.63) is 131 Å². The largest absolute Gasteiger partial charge is 0.0648 e. The monoisotopic (exact) mass is 534 g/mol. The summed E-state index contributed by atoms with van der Waals surface area (Å²) in [5.41, 5.74) is 8.62. The second-order valence-corrected chi connectivity index (χ2v) is 12.2. The summed E-state index contributed by atoms with van der Waals surface area (Å²) in [5.74, 6) is 2.05. The van der Waals surface area contributed by atoms with Crippen LogP contribution in [0.1, 0.15) is 122 Å². The van der Waals surface area contributed by atoms with Crippen LogP contribution in [0.2, 0.25) is 0 Å². The predicted molar refractivity (Wildman–Crippen MR) is 180 cm³/mol. The third-order valence-corrected chi connectivity index (χ3v) is 8.14. The zero-order valence-electron chi connectivity index (χ0n) is 26.7. The second-order valence-electron chi connectivity index (χ2n) is 12.2. The van der Waals surface area contributed by atoms with E-state index in [4.69, 9.17) is 0 Å². The minimum Gasteiger partial charge on any atom is -0.0648 e. The number of hydrogen-bond acceptors (Lipinski definition) is 0. The molecule has 0 saturated carbocycles. The average molecular weight is 535 g/mol.